The number of nitrogens with two attached hydrogens (primary N) is 1. The molecular formula is C14H9ClF3N3O. The van der Waals surface area contributed by atoms with E-state index in [4.69, 9.17) is 21.8 Å². The molecule has 0 aliphatic heterocycles. The van der Waals surface area contributed by atoms with Gasteiger partial charge in [-0.05, 0) is 24.3 Å². The van der Waals surface area contributed by atoms with Gasteiger partial charge < -0.3 is 15.5 Å². The average Bonchev–Trinajstić information content (AvgIpc) is 2.74. The van der Waals surface area contributed by atoms with Crippen molar-refractivity contribution in [2.75, 3.05) is 11.1 Å². The Balaban J connectivity index is 2.13. The van der Waals surface area contributed by atoms with Crippen molar-refractivity contribution in [3.8, 4) is 0 Å². The van der Waals surface area contributed by atoms with Crippen LogP contribution in [0, 0.1) is 0 Å². The van der Waals surface area contributed by atoms with Crippen LogP contribution in [0.4, 0.5) is 30.4 Å². The SMILES string of the molecule is Nc1oc2c(C(F)(F)F)nccc2c1Nc1cccc(Cl)c1. The fourth-order valence-corrected chi connectivity index (χ4v) is 2.27. The molecule has 22 heavy (non-hydrogen) atoms. The normalized spacial score (nSPS) is 11.8. The highest BCUT2D eigenvalue weighted by Crippen LogP contribution is 2.40. The second-order valence-corrected chi connectivity index (χ2v) is 4.95. The molecule has 1 aromatic carbocycles. The van der Waals surface area contributed by atoms with Gasteiger partial charge in [0.15, 0.2) is 11.3 Å². The van der Waals surface area contributed by atoms with Gasteiger partial charge in [0.25, 0.3) is 0 Å². The van der Waals surface area contributed by atoms with Crippen molar-refractivity contribution in [3.05, 3.63) is 47.2 Å². The molecule has 0 spiro atoms. The molecule has 0 fully saturated rings. The largest absolute Gasteiger partial charge is 0.437 e. The lowest BCUT2D eigenvalue weighted by atomic mass is 10.2. The number of benzene rings is 1. The zero-order valence-corrected chi connectivity index (χ0v) is 11.7. The number of rotatable bonds is 2. The molecule has 0 atom stereocenters. The first-order valence-electron chi connectivity index (χ1n) is 6.13. The second-order valence-electron chi connectivity index (χ2n) is 4.51. The van der Waals surface area contributed by atoms with Crippen molar-refractivity contribution >= 4 is 39.8 Å². The number of nitrogens with zero attached hydrogens (tertiary/aromatic N) is 1. The topological polar surface area (TPSA) is 64.1 Å². The summed E-state index contributed by atoms with van der Waals surface area (Å²) >= 11 is 5.87. The van der Waals surface area contributed by atoms with E-state index >= 15 is 0 Å². The summed E-state index contributed by atoms with van der Waals surface area (Å²) in [6.45, 7) is 0. The molecule has 3 rings (SSSR count). The number of halogens is 4. The van der Waals surface area contributed by atoms with Crippen LogP contribution >= 0.6 is 11.6 Å². The van der Waals surface area contributed by atoms with Gasteiger partial charge >= 0.3 is 6.18 Å². The smallest absolute Gasteiger partial charge is 0.436 e. The number of nitrogens with one attached hydrogen (secondary N) is 1. The maximum Gasteiger partial charge on any atom is 0.437 e. The fourth-order valence-electron chi connectivity index (χ4n) is 2.08. The molecule has 2 heterocycles. The number of anilines is 3. The Kier molecular flexibility index (Phi) is 3.37. The number of aromatic nitrogens is 1. The lowest BCUT2D eigenvalue weighted by Gasteiger charge is -2.07. The van der Waals surface area contributed by atoms with Crippen LogP contribution < -0.4 is 11.1 Å². The Labute approximate surface area is 127 Å². The molecule has 4 nitrogen and oxygen atoms in total. The minimum atomic E-state index is -4.63. The average molecular weight is 328 g/mol. The molecule has 0 aliphatic carbocycles. The van der Waals surface area contributed by atoms with E-state index < -0.39 is 17.5 Å². The van der Waals surface area contributed by atoms with Crippen LogP contribution in [-0.2, 0) is 6.18 Å². The van der Waals surface area contributed by atoms with Crippen LogP contribution in [0.15, 0.2) is 40.9 Å². The third kappa shape index (κ3) is 2.55. The fraction of sp³-hybridized carbons (Fsp3) is 0.0714. The monoisotopic (exact) mass is 327 g/mol. The summed E-state index contributed by atoms with van der Waals surface area (Å²) in [5, 5.41) is 3.59. The Bertz CT molecular complexity index is 845. The van der Waals surface area contributed by atoms with Crippen LogP contribution in [0.1, 0.15) is 5.69 Å². The van der Waals surface area contributed by atoms with Crippen molar-refractivity contribution in [2.24, 2.45) is 0 Å². The molecule has 3 aromatic rings. The van der Waals surface area contributed by atoms with Crippen LogP contribution in [-0.4, -0.2) is 4.98 Å². The Hall–Kier alpha value is -2.41. The number of hydrogen-bond acceptors (Lipinski definition) is 4. The number of alkyl halides is 3. The standard InChI is InChI=1S/C14H9ClF3N3O/c15-7-2-1-3-8(6-7)21-10-9-4-5-20-12(14(16,17)18)11(9)22-13(10)19/h1-6,21H,19H2. The maximum absolute atomic E-state index is 12.9. The molecule has 3 N–H and O–H groups in total. The summed E-state index contributed by atoms with van der Waals surface area (Å²) in [7, 11) is 0. The number of fused-ring (bicyclic) bond motifs is 1. The van der Waals surface area contributed by atoms with Crippen molar-refractivity contribution in [2.45, 2.75) is 6.18 Å². The van der Waals surface area contributed by atoms with E-state index in [0.717, 1.165) is 6.20 Å². The molecular weight excluding hydrogens is 319 g/mol. The van der Waals surface area contributed by atoms with Gasteiger partial charge in [-0.3, -0.25) is 0 Å². The molecule has 0 aliphatic rings. The third-order valence-corrected chi connectivity index (χ3v) is 3.23. The van der Waals surface area contributed by atoms with Gasteiger partial charge in [0, 0.05) is 16.9 Å². The van der Waals surface area contributed by atoms with Gasteiger partial charge in [0.1, 0.15) is 5.69 Å². The molecule has 0 bridgehead atoms. The summed E-state index contributed by atoms with van der Waals surface area (Å²) in [6, 6.07) is 8.10. The lowest BCUT2D eigenvalue weighted by molar-refractivity contribution is -0.140. The highest BCUT2D eigenvalue weighted by Gasteiger charge is 2.37. The van der Waals surface area contributed by atoms with Crippen molar-refractivity contribution in [1.82, 2.24) is 4.98 Å². The minimum absolute atomic E-state index is 0.159. The lowest BCUT2D eigenvalue weighted by Crippen LogP contribution is -2.07. The van der Waals surface area contributed by atoms with E-state index in [2.05, 4.69) is 10.3 Å². The minimum Gasteiger partial charge on any atom is -0.436 e. The first kappa shape index (κ1) is 14.5. The highest BCUT2D eigenvalue weighted by atomic mass is 35.5. The molecule has 0 radical (unpaired) electrons. The highest BCUT2D eigenvalue weighted by molar-refractivity contribution is 6.30. The predicted molar refractivity (Wildman–Crippen MR) is 78.2 cm³/mol. The van der Waals surface area contributed by atoms with E-state index in [0.29, 0.717) is 10.7 Å². The van der Waals surface area contributed by atoms with Crippen LogP contribution in [0.2, 0.25) is 5.02 Å². The summed E-state index contributed by atoms with van der Waals surface area (Å²) < 4.78 is 43.9. The Morgan fingerprint density at radius 1 is 1.23 bits per heavy atom. The Morgan fingerprint density at radius 2 is 2.00 bits per heavy atom. The summed E-state index contributed by atoms with van der Waals surface area (Å²) in [5.74, 6) is -0.159. The van der Waals surface area contributed by atoms with Crippen LogP contribution in [0.25, 0.3) is 11.0 Å². The number of furan rings is 1. The number of nitrogen functional groups attached to an aromatic ring is 1. The van der Waals surface area contributed by atoms with Crippen LogP contribution in [0.3, 0.4) is 0 Å². The van der Waals surface area contributed by atoms with Gasteiger partial charge in [0.2, 0.25) is 5.88 Å². The number of pyridine rings is 1. The predicted octanol–water partition coefficient (Wildman–Crippen LogP) is 4.83. The van der Waals surface area contributed by atoms with Crippen molar-refractivity contribution in [1.29, 1.82) is 0 Å². The van der Waals surface area contributed by atoms with Crippen molar-refractivity contribution < 1.29 is 17.6 Å². The van der Waals surface area contributed by atoms with E-state index in [-0.39, 0.29) is 17.0 Å². The van der Waals surface area contributed by atoms with E-state index in [1.54, 1.807) is 24.3 Å². The summed E-state index contributed by atoms with van der Waals surface area (Å²) in [5.41, 5.74) is 4.99. The van der Waals surface area contributed by atoms with E-state index in [1.165, 1.54) is 6.07 Å². The Morgan fingerprint density at radius 3 is 2.68 bits per heavy atom. The van der Waals surface area contributed by atoms with Gasteiger partial charge in [-0.25, -0.2) is 4.98 Å². The first-order valence-corrected chi connectivity index (χ1v) is 6.51. The third-order valence-electron chi connectivity index (χ3n) is 2.99. The molecule has 2 aromatic heterocycles. The van der Waals surface area contributed by atoms with E-state index in [1.807, 2.05) is 0 Å². The molecule has 0 saturated heterocycles. The molecule has 0 unspecified atom stereocenters. The molecule has 0 amide bonds. The van der Waals surface area contributed by atoms with Crippen LogP contribution in [0.5, 0.6) is 0 Å². The maximum atomic E-state index is 12.9. The molecule has 8 heteroatoms. The van der Waals surface area contributed by atoms with E-state index in [9.17, 15) is 13.2 Å². The molecule has 0 saturated carbocycles. The summed E-state index contributed by atoms with van der Waals surface area (Å²) in [4.78, 5) is 3.33. The van der Waals surface area contributed by atoms with Gasteiger partial charge in [0.05, 0.1) is 5.39 Å². The van der Waals surface area contributed by atoms with Crippen molar-refractivity contribution in [3.63, 3.8) is 0 Å². The van der Waals surface area contributed by atoms with Gasteiger partial charge in [-0.2, -0.15) is 13.2 Å². The van der Waals surface area contributed by atoms with Gasteiger partial charge in [-0.15, -0.1) is 0 Å². The number of hydrogen-bond donors (Lipinski definition) is 2. The zero-order valence-electron chi connectivity index (χ0n) is 10.9. The zero-order chi connectivity index (χ0) is 15.9. The molecule has 114 valence electrons. The summed E-state index contributed by atoms with van der Waals surface area (Å²) in [6.07, 6.45) is -3.57. The van der Waals surface area contributed by atoms with Gasteiger partial charge in [-0.1, -0.05) is 17.7 Å². The second kappa shape index (κ2) is 5.10. The first-order chi connectivity index (χ1) is 10.4. The quantitative estimate of drug-likeness (QED) is 0.708.